The molecule has 48 valence electrons. The highest BCUT2D eigenvalue weighted by atomic mass is 35.5. The fourth-order valence-corrected chi connectivity index (χ4v) is 1.19. The molecular formula is C4H8ClNOS. The molecule has 1 aliphatic rings. The molecule has 0 aromatic carbocycles. The van der Waals surface area contributed by atoms with E-state index in [-0.39, 0.29) is 5.44 Å². The molecule has 0 radical (unpaired) electrons. The molecule has 2 nitrogen and oxygen atoms in total. The van der Waals surface area contributed by atoms with Crippen LogP contribution in [-0.2, 0) is 4.74 Å². The van der Waals surface area contributed by atoms with E-state index in [1.807, 2.05) is 0 Å². The van der Waals surface area contributed by atoms with Gasteiger partial charge in [0.25, 0.3) is 0 Å². The summed E-state index contributed by atoms with van der Waals surface area (Å²) in [5.74, 6) is 0. The SMILES string of the molecule is SC1CN(Cl)CCO1. The number of hydrogen-bond acceptors (Lipinski definition) is 3. The molecule has 0 saturated carbocycles. The van der Waals surface area contributed by atoms with Gasteiger partial charge in [0.15, 0.2) is 0 Å². The van der Waals surface area contributed by atoms with Gasteiger partial charge in [0.2, 0.25) is 0 Å². The second-order valence-electron chi connectivity index (χ2n) is 1.69. The van der Waals surface area contributed by atoms with Gasteiger partial charge in [-0.15, -0.1) is 12.6 Å². The quantitative estimate of drug-likeness (QED) is 0.407. The number of morpholine rings is 1. The average molecular weight is 154 g/mol. The summed E-state index contributed by atoms with van der Waals surface area (Å²) in [6, 6.07) is 0. The first-order valence-corrected chi connectivity index (χ1v) is 3.35. The first-order valence-electron chi connectivity index (χ1n) is 2.49. The minimum absolute atomic E-state index is 0.00116. The van der Waals surface area contributed by atoms with E-state index in [1.165, 1.54) is 0 Å². The highest BCUT2D eigenvalue weighted by molar-refractivity contribution is 7.80. The van der Waals surface area contributed by atoms with Gasteiger partial charge >= 0.3 is 0 Å². The van der Waals surface area contributed by atoms with Crippen LogP contribution in [0.1, 0.15) is 0 Å². The van der Waals surface area contributed by atoms with Crippen LogP contribution in [0, 0.1) is 0 Å². The van der Waals surface area contributed by atoms with E-state index in [9.17, 15) is 0 Å². The first kappa shape index (κ1) is 6.68. The Kier molecular flexibility index (Phi) is 2.43. The zero-order valence-electron chi connectivity index (χ0n) is 4.38. The van der Waals surface area contributed by atoms with Crippen molar-refractivity contribution in [3.05, 3.63) is 0 Å². The number of hydrogen-bond donors (Lipinski definition) is 1. The summed E-state index contributed by atoms with van der Waals surface area (Å²) < 4.78 is 6.77. The predicted octanol–water partition coefficient (Wildman–Crippen LogP) is 0.728. The van der Waals surface area contributed by atoms with E-state index in [2.05, 4.69) is 12.6 Å². The summed E-state index contributed by atoms with van der Waals surface area (Å²) in [4.78, 5) is 0. The normalized spacial score (nSPS) is 33.0. The Morgan fingerprint density at radius 3 is 2.88 bits per heavy atom. The Morgan fingerprint density at radius 1 is 1.75 bits per heavy atom. The first-order chi connectivity index (χ1) is 3.79. The molecular weight excluding hydrogens is 146 g/mol. The maximum atomic E-state index is 5.62. The fourth-order valence-electron chi connectivity index (χ4n) is 0.601. The van der Waals surface area contributed by atoms with Gasteiger partial charge in [0.05, 0.1) is 6.61 Å². The highest BCUT2D eigenvalue weighted by Gasteiger charge is 2.14. The fraction of sp³-hybridized carbons (Fsp3) is 1.00. The summed E-state index contributed by atoms with van der Waals surface area (Å²) in [5, 5.41) is 0. The molecule has 0 amide bonds. The molecule has 0 aromatic heterocycles. The van der Waals surface area contributed by atoms with Gasteiger partial charge in [-0.3, -0.25) is 0 Å². The second kappa shape index (κ2) is 2.92. The Labute approximate surface area is 59.3 Å². The van der Waals surface area contributed by atoms with E-state index in [0.29, 0.717) is 13.2 Å². The van der Waals surface area contributed by atoms with Crippen molar-refractivity contribution in [1.29, 1.82) is 0 Å². The number of thiol groups is 1. The molecule has 1 saturated heterocycles. The standard InChI is InChI=1S/C4H8ClNOS/c5-6-1-2-7-4(8)3-6/h4,8H,1-3H2. The van der Waals surface area contributed by atoms with Crippen molar-refractivity contribution >= 4 is 24.4 Å². The lowest BCUT2D eigenvalue weighted by Gasteiger charge is -2.24. The summed E-state index contributed by atoms with van der Waals surface area (Å²) in [5.41, 5.74) is 0.00116. The summed E-state index contributed by atoms with van der Waals surface area (Å²) >= 11 is 9.69. The minimum Gasteiger partial charge on any atom is -0.365 e. The monoisotopic (exact) mass is 153 g/mol. The molecule has 4 heteroatoms. The van der Waals surface area contributed by atoms with Crippen LogP contribution in [0.2, 0.25) is 0 Å². The topological polar surface area (TPSA) is 12.5 Å². The molecule has 0 bridgehead atoms. The van der Waals surface area contributed by atoms with Crippen molar-refractivity contribution in [3.63, 3.8) is 0 Å². The maximum Gasteiger partial charge on any atom is 0.114 e. The third-order valence-corrected chi connectivity index (χ3v) is 1.62. The van der Waals surface area contributed by atoms with E-state index >= 15 is 0 Å². The molecule has 1 unspecified atom stereocenters. The summed E-state index contributed by atoms with van der Waals surface area (Å²) in [6.07, 6.45) is 0. The molecule has 1 rings (SSSR count). The van der Waals surface area contributed by atoms with Gasteiger partial charge in [-0.1, -0.05) is 0 Å². The molecule has 1 aliphatic heterocycles. The lowest BCUT2D eigenvalue weighted by molar-refractivity contribution is 0.0532. The molecule has 1 atom stereocenters. The zero-order valence-corrected chi connectivity index (χ0v) is 6.03. The van der Waals surface area contributed by atoms with E-state index in [1.54, 1.807) is 4.42 Å². The largest absolute Gasteiger partial charge is 0.365 e. The predicted molar refractivity (Wildman–Crippen MR) is 36.2 cm³/mol. The van der Waals surface area contributed by atoms with Crippen LogP contribution in [0.15, 0.2) is 0 Å². The lowest BCUT2D eigenvalue weighted by Crippen LogP contribution is -2.33. The van der Waals surface area contributed by atoms with Crippen molar-refractivity contribution in [2.45, 2.75) is 5.44 Å². The zero-order chi connectivity index (χ0) is 5.98. The Bertz CT molecular complexity index is 74.4. The molecule has 0 N–H and O–H groups in total. The minimum atomic E-state index is 0.00116. The number of ether oxygens (including phenoxy) is 1. The van der Waals surface area contributed by atoms with Crippen molar-refractivity contribution in [2.75, 3.05) is 19.7 Å². The number of halogens is 1. The third-order valence-electron chi connectivity index (χ3n) is 0.998. The maximum absolute atomic E-state index is 5.62. The van der Waals surface area contributed by atoms with Gasteiger partial charge in [0.1, 0.15) is 5.44 Å². The van der Waals surface area contributed by atoms with Crippen LogP contribution < -0.4 is 0 Å². The Balaban J connectivity index is 2.23. The van der Waals surface area contributed by atoms with Crippen molar-refractivity contribution < 1.29 is 4.74 Å². The van der Waals surface area contributed by atoms with Gasteiger partial charge < -0.3 is 4.74 Å². The van der Waals surface area contributed by atoms with Crippen molar-refractivity contribution in [2.24, 2.45) is 0 Å². The van der Waals surface area contributed by atoms with Crippen LogP contribution in [-0.4, -0.2) is 29.6 Å². The summed E-state index contributed by atoms with van der Waals surface area (Å²) in [7, 11) is 0. The van der Waals surface area contributed by atoms with Gasteiger partial charge in [-0.2, -0.15) is 0 Å². The molecule has 0 spiro atoms. The Hall–Kier alpha value is 0.560. The van der Waals surface area contributed by atoms with Crippen LogP contribution in [0.3, 0.4) is 0 Å². The van der Waals surface area contributed by atoms with E-state index < -0.39 is 0 Å². The highest BCUT2D eigenvalue weighted by Crippen LogP contribution is 2.08. The van der Waals surface area contributed by atoms with Crippen LogP contribution >= 0.6 is 24.4 Å². The van der Waals surface area contributed by atoms with Gasteiger partial charge in [-0.05, 0) is 11.8 Å². The molecule has 0 aromatic rings. The third kappa shape index (κ3) is 1.82. The lowest BCUT2D eigenvalue weighted by atomic mass is 10.5. The smallest absolute Gasteiger partial charge is 0.114 e. The molecule has 0 aliphatic carbocycles. The van der Waals surface area contributed by atoms with E-state index in [4.69, 9.17) is 16.5 Å². The molecule has 1 heterocycles. The summed E-state index contributed by atoms with van der Waals surface area (Å²) in [6.45, 7) is 2.21. The van der Waals surface area contributed by atoms with Crippen LogP contribution in [0.25, 0.3) is 0 Å². The van der Waals surface area contributed by atoms with Crippen LogP contribution in [0.4, 0.5) is 0 Å². The van der Waals surface area contributed by atoms with Crippen molar-refractivity contribution in [3.8, 4) is 0 Å². The van der Waals surface area contributed by atoms with Crippen molar-refractivity contribution in [1.82, 2.24) is 4.42 Å². The van der Waals surface area contributed by atoms with Gasteiger partial charge in [0, 0.05) is 13.1 Å². The van der Waals surface area contributed by atoms with Gasteiger partial charge in [-0.25, -0.2) is 4.42 Å². The number of nitrogens with zero attached hydrogens (tertiary/aromatic N) is 1. The molecule has 8 heavy (non-hydrogen) atoms. The molecule has 1 fully saturated rings. The number of rotatable bonds is 0. The van der Waals surface area contributed by atoms with E-state index in [0.717, 1.165) is 6.54 Å². The van der Waals surface area contributed by atoms with Crippen LogP contribution in [0.5, 0.6) is 0 Å². The Morgan fingerprint density at radius 2 is 2.50 bits per heavy atom. The second-order valence-corrected chi connectivity index (χ2v) is 2.75. The average Bonchev–Trinajstić information content (AvgIpc) is 1.64.